The highest BCUT2D eigenvalue weighted by molar-refractivity contribution is 14.0. The molecule has 2 rings (SSSR count). The molecule has 2 N–H and O–H groups in total. The Hall–Kier alpha value is -1.42. The lowest BCUT2D eigenvalue weighted by Gasteiger charge is -2.11. The van der Waals surface area contributed by atoms with Gasteiger partial charge in [-0.05, 0) is 26.0 Å². The number of hydrogen-bond acceptors (Lipinski definition) is 5. The smallest absolute Gasteiger partial charge is 0.191 e. The largest absolute Gasteiger partial charge is 0.490 e. The number of nitrogens with one attached hydrogen (secondary N) is 2. The van der Waals surface area contributed by atoms with E-state index < -0.39 is 0 Å². The van der Waals surface area contributed by atoms with Gasteiger partial charge in [0.2, 0.25) is 0 Å². The minimum Gasteiger partial charge on any atom is -0.490 e. The first-order chi connectivity index (χ1) is 10.7. The number of aromatic nitrogens is 2. The Morgan fingerprint density at radius 1 is 1.35 bits per heavy atom. The molecule has 23 heavy (non-hydrogen) atoms. The number of halogens is 1. The van der Waals surface area contributed by atoms with Gasteiger partial charge >= 0.3 is 0 Å². The summed E-state index contributed by atoms with van der Waals surface area (Å²) in [7, 11) is 1.75. The highest BCUT2D eigenvalue weighted by Gasteiger charge is 2.04. The fourth-order valence-corrected chi connectivity index (χ4v) is 2.64. The van der Waals surface area contributed by atoms with Crippen molar-refractivity contribution in [2.45, 2.75) is 20.4 Å². The van der Waals surface area contributed by atoms with E-state index in [9.17, 15) is 0 Å². The second-order valence-corrected chi connectivity index (χ2v) is 5.93. The Kier molecular flexibility index (Phi) is 8.85. The molecule has 0 aromatic carbocycles. The van der Waals surface area contributed by atoms with Crippen molar-refractivity contribution < 1.29 is 4.74 Å². The van der Waals surface area contributed by atoms with Gasteiger partial charge in [0.25, 0.3) is 0 Å². The van der Waals surface area contributed by atoms with Gasteiger partial charge in [-0.2, -0.15) is 0 Å². The number of rotatable bonds is 6. The van der Waals surface area contributed by atoms with E-state index in [1.165, 1.54) is 4.88 Å². The van der Waals surface area contributed by atoms with Crippen LogP contribution in [0.2, 0.25) is 0 Å². The number of aliphatic imine (C=N–C) groups is 1. The Morgan fingerprint density at radius 2 is 2.17 bits per heavy atom. The second kappa shape index (κ2) is 10.4. The van der Waals surface area contributed by atoms with Crippen LogP contribution in [0.15, 0.2) is 29.5 Å². The van der Waals surface area contributed by atoms with Crippen LogP contribution < -0.4 is 15.4 Å². The zero-order valence-corrected chi connectivity index (χ0v) is 16.6. The Morgan fingerprint density at radius 3 is 2.78 bits per heavy atom. The Balaban J connectivity index is 0.00000264. The summed E-state index contributed by atoms with van der Waals surface area (Å²) in [5.41, 5.74) is 1.09. The third-order valence-electron chi connectivity index (χ3n) is 3.00. The molecule has 0 aliphatic heterocycles. The monoisotopic (exact) mass is 447 g/mol. The van der Waals surface area contributed by atoms with E-state index in [-0.39, 0.29) is 24.0 Å². The predicted molar refractivity (Wildman–Crippen MR) is 105 cm³/mol. The molecule has 0 unspecified atom stereocenters. The number of ether oxygens (including phenoxy) is 1. The van der Waals surface area contributed by atoms with E-state index in [0.29, 0.717) is 19.7 Å². The number of nitrogens with zero attached hydrogens (tertiary/aromatic N) is 3. The average Bonchev–Trinajstić information content (AvgIpc) is 2.86. The van der Waals surface area contributed by atoms with Gasteiger partial charge in [0.1, 0.15) is 17.4 Å². The number of aryl methyl sites for hydroxylation is 2. The molecule has 0 bridgehead atoms. The topological polar surface area (TPSA) is 71.4 Å². The van der Waals surface area contributed by atoms with Gasteiger partial charge in [-0.25, -0.2) is 4.98 Å². The first-order valence-electron chi connectivity index (χ1n) is 7.09. The van der Waals surface area contributed by atoms with E-state index in [1.54, 1.807) is 30.8 Å². The van der Waals surface area contributed by atoms with Crippen LogP contribution in [0, 0.1) is 13.8 Å². The van der Waals surface area contributed by atoms with Crippen LogP contribution in [0.1, 0.15) is 15.6 Å². The first kappa shape index (κ1) is 19.6. The third-order valence-corrected chi connectivity index (χ3v) is 4.07. The van der Waals surface area contributed by atoms with Gasteiger partial charge in [0.05, 0.1) is 25.0 Å². The maximum absolute atomic E-state index is 5.56. The fourth-order valence-electron chi connectivity index (χ4n) is 1.77. The quantitative estimate of drug-likeness (QED) is 0.308. The molecule has 0 saturated heterocycles. The minimum atomic E-state index is 0. The molecule has 0 fully saturated rings. The summed E-state index contributed by atoms with van der Waals surface area (Å²) >= 11 is 1.70. The molecule has 2 aromatic rings. The lowest BCUT2D eigenvalue weighted by Crippen LogP contribution is -2.38. The number of pyridine rings is 1. The first-order valence-corrected chi connectivity index (χ1v) is 7.91. The lowest BCUT2D eigenvalue weighted by molar-refractivity contribution is 0.320. The van der Waals surface area contributed by atoms with Crippen molar-refractivity contribution in [3.05, 3.63) is 40.1 Å². The zero-order chi connectivity index (χ0) is 15.8. The van der Waals surface area contributed by atoms with Crippen LogP contribution in [0.3, 0.4) is 0 Å². The minimum absolute atomic E-state index is 0. The molecule has 126 valence electrons. The van der Waals surface area contributed by atoms with E-state index >= 15 is 0 Å². The standard InChI is InChI=1S/C15H21N5OS.HI/c1-11-12(2)22-14(20-11)10-19-15(16-3)18-7-8-21-13-5-4-6-17-9-13;/h4-6,9H,7-8,10H2,1-3H3,(H2,16,18,19);1H. The summed E-state index contributed by atoms with van der Waals surface area (Å²) in [6.07, 6.45) is 3.42. The fraction of sp³-hybridized carbons (Fsp3) is 0.400. The molecule has 0 radical (unpaired) electrons. The van der Waals surface area contributed by atoms with Crippen LogP contribution in [0.4, 0.5) is 0 Å². The van der Waals surface area contributed by atoms with Crippen molar-refractivity contribution in [2.75, 3.05) is 20.2 Å². The molecular weight excluding hydrogens is 425 g/mol. The highest BCUT2D eigenvalue weighted by atomic mass is 127. The second-order valence-electron chi connectivity index (χ2n) is 4.64. The molecule has 6 nitrogen and oxygen atoms in total. The van der Waals surface area contributed by atoms with Crippen LogP contribution in [-0.4, -0.2) is 36.1 Å². The average molecular weight is 447 g/mol. The maximum Gasteiger partial charge on any atom is 0.191 e. The van der Waals surface area contributed by atoms with Crippen molar-refractivity contribution in [1.82, 2.24) is 20.6 Å². The summed E-state index contributed by atoms with van der Waals surface area (Å²) in [6.45, 7) is 5.98. The third kappa shape index (κ3) is 6.69. The van der Waals surface area contributed by atoms with Gasteiger partial charge in [0, 0.05) is 18.1 Å². The van der Waals surface area contributed by atoms with E-state index in [4.69, 9.17) is 4.74 Å². The molecule has 0 atom stereocenters. The van der Waals surface area contributed by atoms with Gasteiger partial charge in [-0.3, -0.25) is 9.98 Å². The van der Waals surface area contributed by atoms with Gasteiger partial charge in [0.15, 0.2) is 5.96 Å². The number of hydrogen-bond donors (Lipinski definition) is 2. The van der Waals surface area contributed by atoms with E-state index in [0.717, 1.165) is 22.4 Å². The van der Waals surface area contributed by atoms with Crippen molar-refractivity contribution in [3.63, 3.8) is 0 Å². The van der Waals surface area contributed by atoms with Crippen molar-refractivity contribution in [2.24, 2.45) is 4.99 Å². The predicted octanol–water partition coefficient (Wildman–Crippen LogP) is 2.52. The highest BCUT2D eigenvalue weighted by Crippen LogP contribution is 2.15. The SMILES string of the molecule is CN=C(NCCOc1cccnc1)NCc1nc(C)c(C)s1.I. The number of thiazole rings is 1. The Labute approximate surface area is 157 Å². The van der Waals surface area contributed by atoms with Gasteiger partial charge in [-0.1, -0.05) is 0 Å². The molecule has 0 spiro atoms. The molecule has 0 aliphatic carbocycles. The van der Waals surface area contributed by atoms with Gasteiger partial charge in [-0.15, -0.1) is 35.3 Å². The summed E-state index contributed by atoms with van der Waals surface area (Å²) in [4.78, 5) is 13.9. The van der Waals surface area contributed by atoms with E-state index in [1.807, 2.05) is 19.1 Å². The number of guanidine groups is 1. The van der Waals surface area contributed by atoms with Crippen LogP contribution in [0.25, 0.3) is 0 Å². The summed E-state index contributed by atoms with van der Waals surface area (Å²) < 4.78 is 5.56. The molecule has 0 aliphatic rings. The normalized spacial score (nSPS) is 10.8. The molecule has 0 saturated carbocycles. The summed E-state index contributed by atoms with van der Waals surface area (Å²) in [5, 5.41) is 7.51. The molecule has 0 amide bonds. The van der Waals surface area contributed by atoms with Crippen LogP contribution >= 0.6 is 35.3 Å². The van der Waals surface area contributed by atoms with E-state index in [2.05, 4.69) is 32.5 Å². The van der Waals surface area contributed by atoms with Crippen molar-refractivity contribution in [1.29, 1.82) is 0 Å². The van der Waals surface area contributed by atoms with Crippen LogP contribution in [-0.2, 0) is 6.54 Å². The van der Waals surface area contributed by atoms with Crippen LogP contribution in [0.5, 0.6) is 5.75 Å². The zero-order valence-electron chi connectivity index (χ0n) is 13.5. The Bertz CT molecular complexity index is 598. The van der Waals surface area contributed by atoms with Gasteiger partial charge < -0.3 is 15.4 Å². The van der Waals surface area contributed by atoms with Crippen molar-refractivity contribution in [3.8, 4) is 5.75 Å². The van der Waals surface area contributed by atoms with Crippen molar-refractivity contribution >= 4 is 41.3 Å². The molecule has 2 heterocycles. The molecule has 2 aromatic heterocycles. The lowest BCUT2D eigenvalue weighted by atomic mass is 10.4. The summed E-state index contributed by atoms with van der Waals surface area (Å²) in [5.74, 6) is 1.50. The molecule has 8 heteroatoms. The maximum atomic E-state index is 5.56. The molecular formula is C15H22IN5OS. The summed E-state index contributed by atoms with van der Waals surface area (Å²) in [6, 6.07) is 3.73.